The van der Waals surface area contributed by atoms with Crippen molar-refractivity contribution >= 4 is 11.4 Å². The molecule has 0 fully saturated rings. The molecule has 0 amide bonds. The first-order valence-electron chi connectivity index (χ1n) is 4.40. The van der Waals surface area contributed by atoms with E-state index in [2.05, 4.69) is 15.7 Å². The van der Waals surface area contributed by atoms with Crippen LogP contribution in [0.5, 0.6) is 0 Å². The molecule has 0 bridgehead atoms. The van der Waals surface area contributed by atoms with Gasteiger partial charge < -0.3 is 5.73 Å². The second-order valence-electron chi connectivity index (χ2n) is 3.08. The lowest BCUT2D eigenvalue weighted by atomic mass is 10.1. The maximum absolute atomic E-state index is 8.97. The number of aromatic nitrogens is 2. The van der Waals surface area contributed by atoms with E-state index >= 15 is 0 Å². The molecule has 0 spiro atoms. The SMILES string of the molecule is Cc1nc(N)c(C#N)c(C2=C=CC=C2)n1. The molecule has 1 aliphatic carbocycles. The van der Waals surface area contributed by atoms with Gasteiger partial charge in [-0.1, -0.05) is 6.08 Å². The van der Waals surface area contributed by atoms with Gasteiger partial charge in [0, 0.05) is 5.57 Å². The number of nitrogen functional groups attached to an aromatic ring is 1. The predicted molar refractivity (Wildman–Crippen MR) is 56.5 cm³/mol. The van der Waals surface area contributed by atoms with E-state index in [1.807, 2.05) is 18.2 Å². The molecule has 1 heterocycles. The highest BCUT2D eigenvalue weighted by atomic mass is 14.9. The van der Waals surface area contributed by atoms with Crippen LogP contribution in [0, 0.1) is 18.3 Å². The highest BCUT2D eigenvalue weighted by Gasteiger charge is 2.13. The molecule has 0 saturated heterocycles. The lowest BCUT2D eigenvalue weighted by Crippen LogP contribution is -2.04. The molecule has 0 saturated carbocycles. The van der Waals surface area contributed by atoms with Crippen molar-refractivity contribution in [2.24, 2.45) is 0 Å². The zero-order valence-electron chi connectivity index (χ0n) is 8.15. The number of anilines is 1. The van der Waals surface area contributed by atoms with E-state index in [1.165, 1.54) is 0 Å². The topological polar surface area (TPSA) is 75.6 Å². The standard InChI is InChI=1S/C11H8N4/c1-7-14-10(8-4-2-3-5-8)9(6-12)11(13)15-7/h2-4H,1H3,(H2,13,14,15). The van der Waals surface area contributed by atoms with Crippen LogP contribution in [0.3, 0.4) is 0 Å². The van der Waals surface area contributed by atoms with Crippen LogP contribution in [0.2, 0.25) is 0 Å². The molecule has 72 valence electrons. The van der Waals surface area contributed by atoms with E-state index in [4.69, 9.17) is 11.0 Å². The summed E-state index contributed by atoms with van der Waals surface area (Å²) in [6.07, 6.45) is 5.44. The number of nitriles is 1. The summed E-state index contributed by atoms with van der Waals surface area (Å²) in [5.74, 6) is 0.769. The number of nitrogens with two attached hydrogens (primary N) is 1. The molecule has 0 aliphatic heterocycles. The molecule has 0 unspecified atom stereocenters. The lowest BCUT2D eigenvalue weighted by Gasteiger charge is -2.04. The maximum atomic E-state index is 8.97. The largest absolute Gasteiger partial charge is 0.382 e. The van der Waals surface area contributed by atoms with E-state index < -0.39 is 0 Å². The highest BCUT2D eigenvalue weighted by Crippen LogP contribution is 2.22. The average Bonchev–Trinajstić information content (AvgIpc) is 2.69. The molecule has 1 aromatic rings. The van der Waals surface area contributed by atoms with Crippen LogP contribution in [0.15, 0.2) is 24.0 Å². The molecule has 0 atom stereocenters. The Morgan fingerprint density at radius 1 is 1.47 bits per heavy atom. The van der Waals surface area contributed by atoms with E-state index in [0.29, 0.717) is 17.1 Å². The van der Waals surface area contributed by atoms with E-state index in [9.17, 15) is 0 Å². The molecule has 1 aromatic heterocycles. The van der Waals surface area contributed by atoms with Gasteiger partial charge in [-0.05, 0) is 19.1 Å². The van der Waals surface area contributed by atoms with Gasteiger partial charge in [-0.25, -0.2) is 9.97 Å². The Balaban J connectivity index is 2.71. The number of nitrogens with zero attached hydrogens (tertiary/aromatic N) is 3. The summed E-state index contributed by atoms with van der Waals surface area (Å²) in [5.41, 5.74) is 10.3. The average molecular weight is 196 g/mol. The van der Waals surface area contributed by atoms with Crippen molar-refractivity contribution in [1.82, 2.24) is 9.97 Å². The first-order chi connectivity index (χ1) is 7.22. The Hall–Kier alpha value is -2.37. The molecule has 15 heavy (non-hydrogen) atoms. The maximum Gasteiger partial charge on any atom is 0.145 e. The minimum Gasteiger partial charge on any atom is -0.382 e. The number of hydrogen-bond donors (Lipinski definition) is 1. The molecule has 0 radical (unpaired) electrons. The smallest absolute Gasteiger partial charge is 0.145 e. The van der Waals surface area contributed by atoms with Gasteiger partial charge in [0.1, 0.15) is 29.0 Å². The number of allylic oxidation sites excluding steroid dienone is 3. The van der Waals surface area contributed by atoms with E-state index in [-0.39, 0.29) is 5.82 Å². The third kappa shape index (κ3) is 1.52. The van der Waals surface area contributed by atoms with Gasteiger partial charge >= 0.3 is 0 Å². The zero-order chi connectivity index (χ0) is 10.8. The van der Waals surface area contributed by atoms with Crippen molar-refractivity contribution in [3.8, 4) is 6.07 Å². The third-order valence-electron chi connectivity index (χ3n) is 2.01. The highest BCUT2D eigenvalue weighted by molar-refractivity contribution is 5.79. The van der Waals surface area contributed by atoms with Crippen molar-refractivity contribution in [3.63, 3.8) is 0 Å². The predicted octanol–water partition coefficient (Wildman–Crippen LogP) is 1.35. The molecular weight excluding hydrogens is 188 g/mol. The summed E-state index contributed by atoms with van der Waals surface area (Å²) in [5, 5.41) is 8.97. The van der Waals surface area contributed by atoms with Gasteiger partial charge in [0.25, 0.3) is 0 Å². The fraction of sp³-hybridized carbons (Fsp3) is 0.0909. The Kier molecular flexibility index (Phi) is 2.09. The zero-order valence-corrected chi connectivity index (χ0v) is 8.15. The molecule has 4 heteroatoms. The van der Waals surface area contributed by atoms with Crippen molar-refractivity contribution in [3.05, 3.63) is 41.0 Å². The van der Waals surface area contributed by atoms with Crippen molar-refractivity contribution < 1.29 is 0 Å². The van der Waals surface area contributed by atoms with Gasteiger partial charge in [-0.3, -0.25) is 0 Å². The molecular formula is C11H8N4. The summed E-state index contributed by atoms with van der Waals surface area (Å²) >= 11 is 0. The monoisotopic (exact) mass is 196 g/mol. The molecule has 4 nitrogen and oxygen atoms in total. The second-order valence-corrected chi connectivity index (χ2v) is 3.08. The quantitative estimate of drug-likeness (QED) is 0.688. The first-order valence-corrected chi connectivity index (χ1v) is 4.40. The minimum absolute atomic E-state index is 0.217. The van der Waals surface area contributed by atoms with Crippen LogP contribution in [0.4, 0.5) is 5.82 Å². The molecule has 1 aliphatic rings. The second kappa shape index (κ2) is 3.41. The summed E-state index contributed by atoms with van der Waals surface area (Å²) in [6.45, 7) is 1.74. The third-order valence-corrected chi connectivity index (χ3v) is 2.01. The summed E-state index contributed by atoms with van der Waals surface area (Å²) in [7, 11) is 0. The Labute approximate surface area is 87.1 Å². The Morgan fingerprint density at radius 3 is 2.87 bits per heavy atom. The van der Waals surface area contributed by atoms with Gasteiger partial charge in [0.05, 0.1) is 0 Å². The Bertz CT molecular complexity index is 555. The molecule has 2 rings (SSSR count). The molecule has 2 N–H and O–H groups in total. The number of rotatable bonds is 1. The van der Waals surface area contributed by atoms with Gasteiger partial charge in [0.2, 0.25) is 0 Å². The van der Waals surface area contributed by atoms with Crippen molar-refractivity contribution in [2.45, 2.75) is 6.92 Å². The fourth-order valence-corrected chi connectivity index (χ4v) is 1.38. The van der Waals surface area contributed by atoms with Crippen LogP contribution in [0.1, 0.15) is 17.1 Å². The van der Waals surface area contributed by atoms with Gasteiger partial charge in [-0.2, -0.15) is 5.26 Å². The van der Waals surface area contributed by atoms with Crippen LogP contribution in [-0.2, 0) is 0 Å². The van der Waals surface area contributed by atoms with Gasteiger partial charge in [-0.15, -0.1) is 5.73 Å². The summed E-state index contributed by atoms with van der Waals surface area (Å²) in [4.78, 5) is 8.15. The number of hydrogen-bond acceptors (Lipinski definition) is 4. The number of aryl methyl sites for hydroxylation is 1. The Morgan fingerprint density at radius 2 is 2.27 bits per heavy atom. The lowest BCUT2D eigenvalue weighted by molar-refractivity contribution is 1.04. The van der Waals surface area contributed by atoms with Crippen molar-refractivity contribution in [2.75, 3.05) is 5.73 Å². The van der Waals surface area contributed by atoms with Crippen LogP contribution < -0.4 is 5.73 Å². The first kappa shape index (κ1) is 9.20. The minimum atomic E-state index is 0.217. The van der Waals surface area contributed by atoms with Crippen LogP contribution >= 0.6 is 0 Å². The normalized spacial score (nSPS) is 12.7. The van der Waals surface area contributed by atoms with Crippen LogP contribution in [0.25, 0.3) is 5.57 Å². The summed E-state index contributed by atoms with van der Waals surface area (Å²) in [6, 6.07) is 2.01. The molecule has 0 aromatic carbocycles. The van der Waals surface area contributed by atoms with Crippen LogP contribution in [-0.4, -0.2) is 9.97 Å². The van der Waals surface area contributed by atoms with Gasteiger partial charge in [0.15, 0.2) is 0 Å². The fourth-order valence-electron chi connectivity index (χ4n) is 1.38. The van der Waals surface area contributed by atoms with Crippen molar-refractivity contribution in [1.29, 1.82) is 5.26 Å². The van der Waals surface area contributed by atoms with E-state index in [0.717, 1.165) is 5.57 Å². The summed E-state index contributed by atoms with van der Waals surface area (Å²) < 4.78 is 0. The van der Waals surface area contributed by atoms with E-state index in [1.54, 1.807) is 13.0 Å².